The second-order valence-corrected chi connectivity index (χ2v) is 7.91. The second-order valence-electron chi connectivity index (χ2n) is 5.88. The van der Waals surface area contributed by atoms with Gasteiger partial charge in [0.05, 0.1) is 5.75 Å². The van der Waals surface area contributed by atoms with E-state index < -0.39 is 0 Å². The Labute approximate surface area is 145 Å². The highest BCUT2D eigenvalue weighted by Gasteiger charge is 2.20. The van der Waals surface area contributed by atoms with Crippen LogP contribution in [0, 0.1) is 6.92 Å². The van der Waals surface area contributed by atoms with E-state index in [4.69, 9.17) is 0 Å². The third-order valence-corrected chi connectivity index (χ3v) is 6.27. The number of hydrogen-bond acceptors (Lipinski definition) is 5. The summed E-state index contributed by atoms with van der Waals surface area (Å²) < 4.78 is 0. The molecule has 1 aliphatic carbocycles. The van der Waals surface area contributed by atoms with Crippen molar-refractivity contribution in [2.75, 3.05) is 11.1 Å². The highest BCUT2D eigenvalue weighted by molar-refractivity contribution is 8.00. The molecule has 3 rings (SSSR count). The maximum Gasteiger partial charge on any atom is 0.236 e. The molecule has 1 N–H and O–H groups in total. The van der Waals surface area contributed by atoms with E-state index in [9.17, 15) is 4.79 Å². The Morgan fingerprint density at radius 1 is 1.26 bits per heavy atom. The summed E-state index contributed by atoms with van der Waals surface area (Å²) in [5, 5.41) is 13.0. The molecule has 1 aromatic carbocycles. The fourth-order valence-corrected chi connectivity index (χ4v) is 4.57. The lowest BCUT2D eigenvalue weighted by atomic mass is 9.90. The molecule has 0 aliphatic heterocycles. The van der Waals surface area contributed by atoms with Crippen LogP contribution in [0.25, 0.3) is 0 Å². The predicted molar refractivity (Wildman–Crippen MR) is 96.3 cm³/mol. The maximum atomic E-state index is 12.1. The van der Waals surface area contributed by atoms with Crippen LogP contribution in [0.2, 0.25) is 0 Å². The minimum atomic E-state index is -0.0235. The average Bonchev–Trinajstić information content (AvgIpc) is 3.03. The normalized spacial score (nSPS) is 15.5. The van der Waals surface area contributed by atoms with E-state index in [0.717, 1.165) is 9.90 Å². The second kappa shape index (κ2) is 7.93. The molecular formula is C17H21N3OS2. The van der Waals surface area contributed by atoms with Crippen molar-refractivity contribution in [2.45, 2.75) is 49.8 Å². The minimum Gasteiger partial charge on any atom is -0.300 e. The van der Waals surface area contributed by atoms with Crippen molar-refractivity contribution >= 4 is 34.1 Å². The molecule has 0 saturated heterocycles. The zero-order chi connectivity index (χ0) is 16.1. The van der Waals surface area contributed by atoms with E-state index >= 15 is 0 Å². The zero-order valence-corrected chi connectivity index (χ0v) is 14.9. The van der Waals surface area contributed by atoms with Gasteiger partial charge in [-0.3, -0.25) is 10.1 Å². The largest absolute Gasteiger partial charge is 0.300 e. The fraction of sp³-hybridized carbons (Fsp3) is 0.471. The van der Waals surface area contributed by atoms with Crippen LogP contribution >= 0.6 is 23.1 Å². The summed E-state index contributed by atoms with van der Waals surface area (Å²) in [6.07, 6.45) is 6.28. The number of benzene rings is 1. The van der Waals surface area contributed by atoms with Gasteiger partial charge in [-0.25, -0.2) is 0 Å². The Kier molecular flexibility index (Phi) is 5.67. The quantitative estimate of drug-likeness (QED) is 0.802. The van der Waals surface area contributed by atoms with E-state index in [1.165, 1.54) is 49.0 Å². The maximum absolute atomic E-state index is 12.1. The number of aryl methyl sites for hydroxylation is 1. The number of nitrogens with one attached hydrogen (secondary N) is 1. The number of aromatic nitrogens is 2. The van der Waals surface area contributed by atoms with Gasteiger partial charge in [0.2, 0.25) is 11.0 Å². The first kappa shape index (κ1) is 16.5. The van der Waals surface area contributed by atoms with Crippen LogP contribution < -0.4 is 5.32 Å². The van der Waals surface area contributed by atoms with Crippen molar-refractivity contribution in [3.63, 3.8) is 0 Å². The number of carbonyl (C=O) groups is 1. The lowest BCUT2D eigenvalue weighted by molar-refractivity contribution is -0.113. The van der Waals surface area contributed by atoms with Gasteiger partial charge in [-0.05, 0) is 31.4 Å². The molecule has 0 bridgehead atoms. The van der Waals surface area contributed by atoms with Gasteiger partial charge in [0.15, 0.2) is 0 Å². The monoisotopic (exact) mass is 347 g/mol. The van der Waals surface area contributed by atoms with Crippen molar-refractivity contribution in [3.05, 3.63) is 34.8 Å². The molecule has 1 heterocycles. The molecule has 2 aromatic rings. The van der Waals surface area contributed by atoms with E-state index in [0.29, 0.717) is 16.8 Å². The lowest BCUT2D eigenvalue weighted by Gasteiger charge is -2.18. The predicted octanol–water partition coefficient (Wildman–Crippen LogP) is 4.63. The summed E-state index contributed by atoms with van der Waals surface area (Å²) >= 11 is 3.08. The SMILES string of the molecule is Cc1ccccc1SCC(=O)Nc1nnc(C2CCCCC2)s1. The van der Waals surface area contributed by atoms with Gasteiger partial charge in [0.25, 0.3) is 0 Å². The molecule has 122 valence electrons. The molecule has 1 aromatic heterocycles. The van der Waals surface area contributed by atoms with Crippen LogP contribution in [0.3, 0.4) is 0 Å². The minimum absolute atomic E-state index is 0.0235. The Morgan fingerprint density at radius 3 is 2.83 bits per heavy atom. The molecule has 0 atom stereocenters. The van der Waals surface area contributed by atoms with Crippen molar-refractivity contribution in [3.8, 4) is 0 Å². The first-order chi connectivity index (χ1) is 11.2. The van der Waals surface area contributed by atoms with Crippen LogP contribution in [0.4, 0.5) is 5.13 Å². The fourth-order valence-electron chi connectivity index (χ4n) is 2.82. The number of rotatable bonds is 5. The van der Waals surface area contributed by atoms with Gasteiger partial charge in [-0.15, -0.1) is 22.0 Å². The summed E-state index contributed by atoms with van der Waals surface area (Å²) in [7, 11) is 0. The molecule has 1 fully saturated rings. The van der Waals surface area contributed by atoms with Gasteiger partial charge < -0.3 is 0 Å². The number of nitrogens with zero attached hydrogens (tertiary/aromatic N) is 2. The number of anilines is 1. The smallest absolute Gasteiger partial charge is 0.236 e. The van der Waals surface area contributed by atoms with E-state index in [1.807, 2.05) is 18.2 Å². The highest BCUT2D eigenvalue weighted by atomic mass is 32.2. The van der Waals surface area contributed by atoms with Crippen LogP contribution in [-0.2, 0) is 4.79 Å². The summed E-state index contributed by atoms with van der Waals surface area (Å²) in [4.78, 5) is 13.2. The summed E-state index contributed by atoms with van der Waals surface area (Å²) in [6, 6.07) is 8.10. The van der Waals surface area contributed by atoms with E-state index in [1.54, 1.807) is 11.8 Å². The molecule has 0 radical (unpaired) electrons. The molecule has 23 heavy (non-hydrogen) atoms. The van der Waals surface area contributed by atoms with Gasteiger partial charge >= 0.3 is 0 Å². The van der Waals surface area contributed by atoms with Gasteiger partial charge in [-0.2, -0.15) is 0 Å². The van der Waals surface area contributed by atoms with E-state index in [-0.39, 0.29) is 5.91 Å². The van der Waals surface area contributed by atoms with Gasteiger partial charge in [-0.1, -0.05) is 48.8 Å². The zero-order valence-electron chi connectivity index (χ0n) is 13.2. The Morgan fingerprint density at radius 2 is 2.04 bits per heavy atom. The Hall–Kier alpha value is -1.40. The topological polar surface area (TPSA) is 54.9 Å². The average molecular weight is 348 g/mol. The van der Waals surface area contributed by atoms with Gasteiger partial charge in [0, 0.05) is 10.8 Å². The number of amides is 1. The molecule has 0 spiro atoms. The summed E-state index contributed by atoms with van der Waals surface area (Å²) in [5.41, 5.74) is 1.20. The lowest BCUT2D eigenvalue weighted by Crippen LogP contribution is -2.13. The molecular weight excluding hydrogens is 326 g/mol. The molecule has 6 heteroatoms. The first-order valence-corrected chi connectivity index (χ1v) is 9.84. The molecule has 1 saturated carbocycles. The summed E-state index contributed by atoms with van der Waals surface area (Å²) in [5.74, 6) is 0.904. The molecule has 1 amide bonds. The highest BCUT2D eigenvalue weighted by Crippen LogP contribution is 2.35. The number of hydrogen-bond donors (Lipinski definition) is 1. The Bertz CT molecular complexity index is 665. The summed E-state index contributed by atoms with van der Waals surface area (Å²) in [6.45, 7) is 2.06. The van der Waals surface area contributed by atoms with Crippen LogP contribution in [-0.4, -0.2) is 21.9 Å². The van der Waals surface area contributed by atoms with Crippen LogP contribution in [0.1, 0.15) is 48.6 Å². The van der Waals surface area contributed by atoms with Crippen LogP contribution in [0.15, 0.2) is 29.2 Å². The third kappa shape index (κ3) is 4.54. The van der Waals surface area contributed by atoms with Crippen molar-refractivity contribution in [2.24, 2.45) is 0 Å². The van der Waals surface area contributed by atoms with Gasteiger partial charge in [0.1, 0.15) is 5.01 Å². The van der Waals surface area contributed by atoms with Crippen molar-refractivity contribution in [1.82, 2.24) is 10.2 Å². The molecule has 1 aliphatic rings. The third-order valence-electron chi connectivity index (χ3n) is 4.09. The van der Waals surface area contributed by atoms with Crippen molar-refractivity contribution < 1.29 is 4.79 Å². The number of carbonyl (C=O) groups excluding carboxylic acids is 1. The molecule has 0 unspecified atom stereocenters. The van der Waals surface area contributed by atoms with Crippen LogP contribution in [0.5, 0.6) is 0 Å². The molecule has 4 nitrogen and oxygen atoms in total. The standard InChI is InChI=1S/C17H21N3OS2/c1-12-7-5-6-10-14(12)22-11-15(21)18-17-20-19-16(23-17)13-8-3-2-4-9-13/h5-7,10,13H,2-4,8-9,11H2,1H3,(H,18,20,21). The Balaban J connectivity index is 1.52. The van der Waals surface area contributed by atoms with E-state index in [2.05, 4.69) is 28.5 Å². The first-order valence-electron chi connectivity index (χ1n) is 8.04. The number of thioether (sulfide) groups is 1. The van der Waals surface area contributed by atoms with Crippen molar-refractivity contribution in [1.29, 1.82) is 0 Å².